The van der Waals surface area contributed by atoms with Gasteiger partial charge in [-0.15, -0.1) is 0 Å². The smallest absolute Gasteiger partial charge is 0.170 e. The molecule has 5 heteroatoms. The molecule has 2 aromatic rings. The predicted octanol–water partition coefficient (Wildman–Crippen LogP) is 4.81. The molecule has 0 bridgehead atoms. The number of carbonyl (C=O) groups is 1. The number of ketones is 1. The summed E-state index contributed by atoms with van der Waals surface area (Å²) >= 11 is 8.84. The lowest BCUT2D eigenvalue weighted by Crippen LogP contribution is -2.07. The van der Waals surface area contributed by atoms with Crippen LogP contribution in [0, 0.1) is 11.6 Å². The molecule has 0 N–H and O–H groups in total. The number of hydrogen-bond acceptors (Lipinski definition) is 1. The molecule has 0 unspecified atom stereocenters. The standard InChI is InChI=1S/C14H8BrClF2O/c15-9-2-1-8(13(18)6-9)5-14(19)11-7-10(16)3-4-12(11)17/h1-4,6-7H,5H2. The van der Waals surface area contributed by atoms with Crippen molar-refractivity contribution in [2.75, 3.05) is 0 Å². The van der Waals surface area contributed by atoms with Gasteiger partial charge < -0.3 is 0 Å². The maximum absolute atomic E-state index is 13.6. The van der Waals surface area contributed by atoms with E-state index in [-0.39, 0.29) is 22.6 Å². The van der Waals surface area contributed by atoms with Gasteiger partial charge in [0.2, 0.25) is 0 Å². The quantitative estimate of drug-likeness (QED) is 0.730. The molecule has 0 atom stereocenters. The molecule has 0 amide bonds. The third-order valence-corrected chi connectivity index (χ3v) is 3.32. The fourth-order valence-corrected chi connectivity index (χ4v) is 2.15. The summed E-state index contributed by atoms with van der Waals surface area (Å²) in [5, 5.41) is 0.265. The minimum atomic E-state index is -0.660. The molecule has 0 aliphatic rings. The van der Waals surface area contributed by atoms with Gasteiger partial charge in [-0.2, -0.15) is 0 Å². The van der Waals surface area contributed by atoms with E-state index >= 15 is 0 Å². The van der Waals surface area contributed by atoms with Crippen molar-refractivity contribution in [3.63, 3.8) is 0 Å². The van der Waals surface area contributed by atoms with E-state index in [1.54, 1.807) is 6.07 Å². The fraction of sp³-hybridized carbons (Fsp3) is 0.0714. The molecule has 0 saturated carbocycles. The lowest BCUT2D eigenvalue weighted by molar-refractivity contribution is 0.0988. The van der Waals surface area contributed by atoms with Gasteiger partial charge in [0, 0.05) is 15.9 Å². The molecule has 0 radical (unpaired) electrons. The first kappa shape index (κ1) is 14.2. The first-order valence-corrected chi connectivity index (χ1v) is 6.56. The van der Waals surface area contributed by atoms with Crippen LogP contribution in [0.3, 0.4) is 0 Å². The lowest BCUT2D eigenvalue weighted by Gasteiger charge is -2.05. The maximum atomic E-state index is 13.6. The highest BCUT2D eigenvalue weighted by atomic mass is 79.9. The molecule has 0 aliphatic carbocycles. The predicted molar refractivity (Wildman–Crippen MR) is 73.5 cm³/mol. The second-order valence-corrected chi connectivity index (χ2v) is 5.31. The average Bonchev–Trinajstić information content (AvgIpc) is 2.35. The summed E-state index contributed by atoms with van der Waals surface area (Å²) < 4.78 is 27.7. The Morgan fingerprint density at radius 1 is 1.11 bits per heavy atom. The van der Waals surface area contributed by atoms with Gasteiger partial charge in [-0.25, -0.2) is 8.78 Å². The number of carbonyl (C=O) groups excluding carboxylic acids is 1. The van der Waals surface area contributed by atoms with E-state index in [4.69, 9.17) is 11.6 Å². The summed E-state index contributed by atoms with van der Waals surface area (Å²) in [6, 6.07) is 8.09. The summed E-state index contributed by atoms with van der Waals surface area (Å²) in [5.41, 5.74) is 0.0856. The molecule has 0 saturated heterocycles. The zero-order valence-electron chi connectivity index (χ0n) is 9.59. The molecule has 0 fully saturated rings. The Hall–Kier alpha value is -1.26. The zero-order chi connectivity index (χ0) is 14.0. The Bertz CT molecular complexity index is 643. The van der Waals surface area contributed by atoms with E-state index in [9.17, 15) is 13.6 Å². The van der Waals surface area contributed by atoms with Crippen molar-refractivity contribution in [2.45, 2.75) is 6.42 Å². The second kappa shape index (κ2) is 5.80. The van der Waals surface area contributed by atoms with E-state index in [0.717, 1.165) is 6.07 Å². The molecular formula is C14H8BrClF2O. The van der Waals surface area contributed by atoms with E-state index in [0.29, 0.717) is 4.47 Å². The van der Waals surface area contributed by atoms with Gasteiger partial charge >= 0.3 is 0 Å². The molecular weight excluding hydrogens is 338 g/mol. The summed E-state index contributed by atoms with van der Waals surface area (Å²) in [5.74, 6) is -1.68. The van der Waals surface area contributed by atoms with Crippen LogP contribution in [-0.2, 0) is 6.42 Å². The summed E-state index contributed by atoms with van der Waals surface area (Å²) in [6.07, 6.45) is -0.212. The van der Waals surface area contributed by atoms with Crippen LogP contribution in [0.5, 0.6) is 0 Å². The van der Waals surface area contributed by atoms with Gasteiger partial charge in [0.1, 0.15) is 11.6 Å². The summed E-state index contributed by atoms with van der Waals surface area (Å²) in [4.78, 5) is 11.9. The minimum Gasteiger partial charge on any atom is -0.294 e. The first-order chi connectivity index (χ1) is 8.97. The second-order valence-electron chi connectivity index (χ2n) is 3.96. The van der Waals surface area contributed by atoms with Crippen molar-refractivity contribution in [2.24, 2.45) is 0 Å². The van der Waals surface area contributed by atoms with Crippen LogP contribution in [0.2, 0.25) is 5.02 Å². The van der Waals surface area contributed by atoms with Gasteiger partial charge in [0.05, 0.1) is 5.56 Å². The van der Waals surface area contributed by atoms with Crippen LogP contribution >= 0.6 is 27.5 Å². The number of halogens is 4. The topological polar surface area (TPSA) is 17.1 Å². The molecule has 0 heterocycles. The SMILES string of the molecule is O=C(Cc1ccc(Br)cc1F)c1cc(Cl)ccc1F. The largest absolute Gasteiger partial charge is 0.294 e. The van der Waals surface area contributed by atoms with E-state index in [1.807, 2.05) is 0 Å². The molecule has 2 rings (SSSR count). The molecule has 0 aromatic heterocycles. The minimum absolute atomic E-state index is 0.130. The number of benzene rings is 2. The zero-order valence-corrected chi connectivity index (χ0v) is 11.9. The molecule has 98 valence electrons. The van der Waals surface area contributed by atoms with Crippen molar-refractivity contribution < 1.29 is 13.6 Å². The first-order valence-electron chi connectivity index (χ1n) is 5.39. The summed E-state index contributed by atoms with van der Waals surface area (Å²) in [6.45, 7) is 0. The molecule has 2 aromatic carbocycles. The van der Waals surface area contributed by atoms with Gasteiger partial charge in [-0.05, 0) is 35.9 Å². The van der Waals surface area contributed by atoms with Gasteiger partial charge in [-0.1, -0.05) is 33.6 Å². The van der Waals surface area contributed by atoms with Crippen LogP contribution in [0.15, 0.2) is 40.9 Å². The van der Waals surface area contributed by atoms with Crippen molar-refractivity contribution in [3.8, 4) is 0 Å². The van der Waals surface area contributed by atoms with E-state index in [2.05, 4.69) is 15.9 Å². The van der Waals surface area contributed by atoms with Crippen LogP contribution < -0.4 is 0 Å². The highest BCUT2D eigenvalue weighted by Gasteiger charge is 2.15. The number of Topliss-reactive ketones (excluding diaryl/α,β-unsaturated/α-hetero) is 1. The molecule has 0 spiro atoms. The average molecular weight is 346 g/mol. The molecule has 0 aliphatic heterocycles. The maximum Gasteiger partial charge on any atom is 0.170 e. The third-order valence-electron chi connectivity index (χ3n) is 2.59. The van der Waals surface area contributed by atoms with Crippen molar-refractivity contribution in [3.05, 3.63) is 68.7 Å². The van der Waals surface area contributed by atoms with Crippen LogP contribution in [0.4, 0.5) is 8.78 Å². The van der Waals surface area contributed by atoms with E-state index < -0.39 is 17.4 Å². The number of rotatable bonds is 3. The fourth-order valence-electron chi connectivity index (χ4n) is 1.64. The number of hydrogen-bond donors (Lipinski definition) is 0. The Morgan fingerprint density at radius 3 is 2.53 bits per heavy atom. The lowest BCUT2D eigenvalue weighted by atomic mass is 10.0. The third kappa shape index (κ3) is 3.39. The van der Waals surface area contributed by atoms with Crippen molar-refractivity contribution in [1.82, 2.24) is 0 Å². The Kier molecular flexibility index (Phi) is 4.32. The van der Waals surface area contributed by atoms with Crippen molar-refractivity contribution >= 4 is 33.3 Å². The Balaban J connectivity index is 2.28. The highest BCUT2D eigenvalue weighted by Crippen LogP contribution is 2.20. The van der Waals surface area contributed by atoms with E-state index in [1.165, 1.54) is 24.3 Å². The summed E-state index contributed by atoms with van der Waals surface area (Å²) in [7, 11) is 0. The van der Waals surface area contributed by atoms with Crippen LogP contribution in [-0.4, -0.2) is 5.78 Å². The van der Waals surface area contributed by atoms with Crippen molar-refractivity contribution in [1.29, 1.82) is 0 Å². The molecule has 19 heavy (non-hydrogen) atoms. The highest BCUT2D eigenvalue weighted by molar-refractivity contribution is 9.10. The van der Waals surface area contributed by atoms with Gasteiger partial charge in [0.25, 0.3) is 0 Å². The normalized spacial score (nSPS) is 10.5. The van der Waals surface area contributed by atoms with Crippen LogP contribution in [0.25, 0.3) is 0 Å². The van der Waals surface area contributed by atoms with Crippen LogP contribution in [0.1, 0.15) is 15.9 Å². The monoisotopic (exact) mass is 344 g/mol. The molecule has 1 nitrogen and oxygen atoms in total. The van der Waals surface area contributed by atoms with Gasteiger partial charge in [-0.3, -0.25) is 4.79 Å². The Labute approximate surface area is 122 Å². The Morgan fingerprint density at radius 2 is 1.84 bits per heavy atom. The van der Waals surface area contributed by atoms with Gasteiger partial charge in [0.15, 0.2) is 5.78 Å².